The van der Waals surface area contributed by atoms with Crippen LogP contribution in [0.3, 0.4) is 0 Å². The fourth-order valence-corrected chi connectivity index (χ4v) is 2.60. The zero-order valence-electron chi connectivity index (χ0n) is 10.8. The Bertz CT molecular complexity index is 527. The van der Waals surface area contributed by atoms with Gasteiger partial charge in [0.05, 0.1) is 10.6 Å². The van der Waals surface area contributed by atoms with Crippen LogP contribution < -0.4 is 0 Å². The number of amides is 1. The van der Waals surface area contributed by atoms with Gasteiger partial charge in [0.25, 0.3) is 5.91 Å². The Morgan fingerprint density at radius 2 is 2.00 bits per heavy atom. The molecule has 1 aliphatic heterocycles. The van der Waals surface area contributed by atoms with Crippen molar-refractivity contribution in [3.8, 4) is 0 Å². The normalized spacial score (nSPS) is 16.2. The van der Waals surface area contributed by atoms with Gasteiger partial charge in [0.2, 0.25) is 0 Å². The van der Waals surface area contributed by atoms with E-state index in [1.54, 1.807) is 4.90 Å². The maximum absolute atomic E-state index is 13.8. The minimum atomic E-state index is -0.823. The SMILES string of the molecule is O=C(O)CC1CCN(C(=O)c2cccc(Cl)c2F)CC1. The van der Waals surface area contributed by atoms with E-state index < -0.39 is 17.7 Å². The molecule has 1 fully saturated rings. The first kappa shape index (κ1) is 14.8. The second-order valence-corrected chi connectivity index (χ2v) is 5.34. The molecule has 1 amide bonds. The number of carboxylic acid groups (broad SMARTS) is 1. The van der Waals surface area contributed by atoms with Gasteiger partial charge in [-0.25, -0.2) is 4.39 Å². The van der Waals surface area contributed by atoms with Crippen LogP contribution >= 0.6 is 11.6 Å². The van der Waals surface area contributed by atoms with Gasteiger partial charge < -0.3 is 10.0 Å². The quantitative estimate of drug-likeness (QED) is 0.933. The van der Waals surface area contributed by atoms with Gasteiger partial charge in [-0.1, -0.05) is 17.7 Å². The van der Waals surface area contributed by atoms with E-state index in [9.17, 15) is 14.0 Å². The molecule has 1 N–H and O–H groups in total. The van der Waals surface area contributed by atoms with Gasteiger partial charge in [-0.15, -0.1) is 0 Å². The number of likely N-dealkylation sites (tertiary alicyclic amines) is 1. The molecule has 1 aliphatic rings. The summed E-state index contributed by atoms with van der Waals surface area (Å²) in [5.74, 6) is -1.83. The molecule has 0 aromatic heterocycles. The van der Waals surface area contributed by atoms with Crippen molar-refractivity contribution < 1.29 is 19.1 Å². The predicted molar refractivity (Wildman–Crippen MR) is 72.3 cm³/mol. The molecule has 1 aromatic carbocycles. The van der Waals surface area contributed by atoms with E-state index in [1.807, 2.05) is 0 Å². The summed E-state index contributed by atoms with van der Waals surface area (Å²) in [4.78, 5) is 24.4. The summed E-state index contributed by atoms with van der Waals surface area (Å²) in [6.45, 7) is 0.894. The molecule has 0 saturated carbocycles. The first-order valence-electron chi connectivity index (χ1n) is 6.44. The standard InChI is InChI=1S/C14H15ClFNO3/c15-11-3-1-2-10(13(11)16)14(20)17-6-4-9(5-7-17)8-12(18)19/h1-3,9H,4-8H2,(H,18,19). The number of piperidine rings is 1. The minimum absolute atomic E-state index is 0.0332. The van der Waals surface area contributed by atoms with Gasteiger partial charge >= 0.3 is 5.97 Å². The van der Waals surface area contributed by atoms with E-state index in [1.165, 1.54) is 18.2 Å². The van der Waals surface area contributed by atoms with Gasteiger partial charge in [-0.3, -0.25) is 9.59 Å². The third-order valence-electron chi connectivity index (χ3n) is 3.55. The fourth-order valence-electron chi connectivity index (χ4n) is 2.43. The van der Waals surface area contributed by atoms with Crippen molar-refractivity contribution in [3.05, 3.63) is 34.6 Å². The first-order chi connectivity index (χ1) is 9.49. The lowest BCUT2D eigenvalue weighted by Crippen LogP contribution is -2.39. The molecule has 0 atom stereocenters. The van der Waals surface area contributed by atoms with Crippen LogP contribution in [-0.2, 0) is 4.79 Å². The Labute approximate surface area is 121 Å². The maximum Gasteiger partial charge on any atom is 0.303 e. The van der Waals surface area contributed by atoms with Crippen LogP contribution in [0.25, 0.3) is 0 Å². The molecule has 0 aliphatic carbocycles. The number of hydrogen-bond acceptors (Lipinski definition) is 2. The van der Waals surface area contributed by atoms with Crippen LogP contribution in [0.2, 0.25) is 5.02 Å². The van der Waals surface area contributed by atoms with Gasteiger partial charge in [0.1, 0.15) is 0 Å². The molecule has 0 spiro atoms. The summed E-state index contributed by atoms with van der Waals surface area (Å²) >= 11 is 5.67. The van der Waals surface area contributed by atoms with E-state index in [0.717, 1.165) is 0 Å². The van der Waals surface area contributed by atoms with Crippen molar-refractivity contribution in [2.24, 2.45) is 5.92 Å². The summed E-state index contributed by atoms with van der Waals surface area (Å²) in [5.41, 5.74) is -0.0332. The lowest BCUT2D eigenvalue weighted by atomic mass is 9.93. The van der Waals surface area contributed by atoms with E-state index in [-0.39, 0.29) is 22.9 Å². The topological polar surface area (TPSA) is 57.6 Å². The van der Waals surface area contributed by atoms with E-state index in [2.05, 4.69) is 0 Å². The molecule has 0 bridgehead atoms. The lowest BCUT2D eigenvalue weighted by molar-refractivity contribution is -0.138. The number of halogens is 2. The average Bonchev–Trinajstić information content (AvgIpc) is 2.41. The number of aliphatic carboxylic acids is 1. The van der Waals surface area contributed by atoms with Crippen molar-refractivity contribution in [2.45, 2.75) is 19.3 Å². The van der Waals surface area contributed by atoms with Crippen molar-refractivity contribution in [3.63, 3.8) is 0 Å². The molecule has 1 aromatic rings. The third kappa shape index (κ3) is 3.28. The molecule has 108 valence electrons. The van der Waals surface area contributed by atoms with Crippen LogP contribution in [0.1, 0.15) is 29.6 Å². The van der Waals surface area contributed by atoms with Crippen molar-refractivity contribution in [1.29, 1.82) is 0 Å². The smallest absolute Gasteiger partial charge is 0.303 e. The second kappa shape index (κ2) is 6.22. The summed E-state index contributed by atoms with van der Waals surface area (Å²) in [7, 11) is 0. The van der Waals surface area contributed by atoms with Crippen LogP contribution in [0.4, 0.5) is 4.39 Å². The number of hydrogen-bond donors (Lipinski definition) is 1. The number of benzene rings is 1. The zero-order chi connectivity index (χ0) is 14.7. The minimum Gasteiger partial charge on any atom is -0.481 e. The molecule has 20 heavy (non-hydrogen) atoms. The monoisotopic (exact) mass is 299 g/mol. The predicted octanol–water partition coefficient (Wildman–Crippen LogP) is 2.81. The van der Waals surface area contributed by atoms with Crippen molar-refractivity contribution in [2.75, 3.05) is 13.1 Å². The Morgan fingerprint density at radius 3 is 2.60 bits per heavy atom. The second-order valence-electron chi connectivity index (χ2n) is 4.93. The number of nitrogens with zero attached hydrogens (tertiary/aromatic N) is 1. The molecule has 0 unspecified atom stereocenters. The van der Waals surface area contributed by atoms with Gasteiger partial charge in [-0.05, 0) is 30.9 Å². The first-order valence-corrected chi connectivity index (χ1v) is 6.82. The number of carbonyl (C=O) groups excluding carboxylic acids is 1. The lowest BCUT2D eigenvalue weighted by Gasteiger charge is -2.31. The van der Waals surface area contributed by atoms with Crippen LogP contribution in [0, 0.1) is 11.7 Å². The zero-order valence-corrected chi connectivity index (χ0v) is 11.6. The summed E-state index contributed by atoms with van der Waals surface area (Å²) < 4.78 is 13.8. The molecule has 1 saturated heterocycles. The van der Waals surface area contributed by atoms with Crippen molar-refractivity contribution >= 4 is 23.5 Å². The Morgan fingerprint density at radius 1 is 1.35 bits per heavy atom. The Kier molecular flexibility index (Phi) is 4.60. The Balaban J connectivity index is 2.02. The largest absolute Gasteiger partial charge is 0.481 e. The van der Waals surface area contributed by atoms with E-state index >= 15 is 0 Å². The van der Waals surface area contributed by atoms with Crippen LogP contribution in [-0.4, -0.2) is 35.0 Å². The summed E-state index contributed by atoms with van der Waals surface area (Å²) in [5, 5.41) is 8.67. The average molecular weight is 300 g/mol. The summed E-state index contributed by atoms with van der Waals surface area (Å²) in [6, 6.07) is 4.34. The molecular formula is C14H15ClFNO3. The molecule has 0 radical (unpaired) electrons. The number of carbonyl (C=O) groups is 2. The van der Waals surface area contributed by atoms with E-state index in [4.69, 9.17) is 16.7 Å². The number of rotatable bonds is 3. The molecule has 6 heteroatoms. The highest BCUT2D eigenvalue weighted by Gasteiger charge is 2.26. The van der Waals surface area contributed by atoms with E-state index in [0.29, 0.717) is 25.9 Å². The van der Waals surface area contributed by atoms with Gasteiger partial charge in [-0.2, -0.15) is 0 Å². The summed E-state index contributed by atoms with van der Waals surface area (Å²) in [6.07, 6.45) is 1.37. The highest BCUT2D eigenvalue weighted by atomic mass is 35.5. The molecule has 1 heterocycles. The van der Waals surface area contributed by atoms with Gasteiger partial charge in [0.15, 0.2) is 5.82 Å². The molecular weight excluding hydrogens is 285 g/mol. The molecule has 2 rings (SSSR count). The fraction of sp³-hybridized carbons (Fsp3) is 0.429. The number of carboxylic acids is 1. The van der Waals surface area contributed by atoms with Gasteiger partial charge in [0, 0.05) is 19.5 Å². The van der Waals surface area contributed by atoms with Crippen molar-refractivity contribution in [1.82, 2.24) is 4.90 Å². The third-order valence-corrected chi connectivity index (χ3v) is 3.84. The highest BCUT2D eigenvalue weighted by molar-refractivity contribution is 6.31. The van der Waals surface area contributed by atoms with Crippen LogP contribution in [0.5, 0.6) is 0 Å². The Hall–Kier alpha value is -1.62. The highest BCUT2D eigenvalue weighted by Crippen LogP contribution is 2.24. The molecule has 4 nitrogen and oxygen atoms in total. The van der Waals surface area contributed by atoms with Crippen LogP contribution in [0.15, 0.2) is 18.2 Å². The maximum atomic E-state index is 13.8.